The largest absolute Gasteiger partial charge is 0.478 e. The van der Waals surface area contributed by atoms with Gasteiger partial charge in [-0.2, -0.15) is 0 Å². The summed E-state index contributed by atoms with van der Waals surface area (Å²) in [4.78, 5) is 19.8. The second kappa shape index (κ2) is 5.84. The van der Waals surface area contributed by atoms with E-state index in [9.17, 15) is 4.79 Å². The molecule has 1 heterocycles. The molecule has 6 heteroatoms. The van der Waals surface area contributed by atoms with Gasteiger partial charge < -0.3 is 5.11 Å². The van der Waals surface area contributed by atoms with Crippen molar-refractivity contribution in [2.45, 2.75) is 10.6 Å². The smallest absolute Gasteiger partial charge is 0.336 e. The summed E-state index contributed by atoms with van der Waals surface area (Å²) in [6.07, 6.45) is 3.05. The highest BCUT2D eigenvalue weighted by Gasteiger charge is 2.09. The first-order chi connectivity index (χ1) is 8.66. The second-order valence-corrected chi connectivity index (χ2v) is 4.82. The first kappa shape index (κ1) is 12.9. The van der Waals surface area contributed by atoms with Crippen molar-refractivity contribution in [3.05, 3.63) is 53.1 Å². The molecular weight excluding hydrogens is 272 g/mol. The standard InChI is InChI=1S/C12H9ClN2O2S/c13-11-6-14-8(5-15-11)7-18-10-4-2-1-3-9(10)12(16)17/h1-6H,7H2,(H,16,17). The van der Waals surface area contributed by atoms with Gasteiger partial charge in [-0.05, 0) is 12.1 Å². The van der Waals surface area contributed by atoms with Gasteiger partial charge in [0.05, 0.1) is 23.7 Å². The van der Waals surface area contributed by atoms with Crippen molar-refractivity contribution in [2.24, 2.45) is 0 Å². The predicted molar refractivity (Wildman–Crippen MR) is 70.0 cm³/mol. The Balaban J connectivity index is 2.10. The van der Waals surface area contributed by atoms with Crippen molar-refractivity contribution >= 4 is 29.3 Å². The summed E-state index contributed by atoms with van der Waals surface area (Å²) in [5.41, 5.74) is 1.05. The Kier molecular flexibility index (Phi) is 4.17. The van der Waals surface area contributed by atoms with Crippen LogP contribution in [0.15, 0.2) is 41.6 Å². The van der Waals surface area contributed by atoms with Crippen LogP contribution in [-0.4, -0.2) is 21.0 Å². The first-order valence-electron chi connectivity index (χ1n) is 5.08. The Hall–Kier alpha value is -1.59. The van der Waals surface area contributed by atoms with E-state index in [1.165, 1.54) is 18.0 Å². The maximum atomic E-state index is 11.0. The lowest BCUT2D eigenvalue weighted by atomic mass is 10.2. The molecule has 0 spiro atoms. The number of aromatic nitrogens is 2. The highest BCUT2D eigenvalue weighted by atomic mass is 35.5. The number of carbonyl (C=O) groups is 1. The second-order valence-electron chi connectivity index (χ2n) is 3.42. The van der Waals surface area contributed by atoms with Gasteiger partial charge in [-0.1, -0.05) is 23.7 Å². The summed E-state index contributed by atoms with van der Waals surface area (Å²) in [7, 11) is 0. The van der Waals surface area contributed by atoms with E-state index in [0.717, 1.165) is 5.69 Å². The molecule has 1 aromatic heterocycles. The molecule has 0 unspecified atom stereocenters. The fraction of sp³-hybridized carbons (Fsp3) is 0.0833. The highest BCUT2D eigenvalue weighted by molar-refractivity contribution is 7.98. The summed E-state index contributed by atoms with van der Waals surface area (Å²) in [5, 5.41) is 9.38. The van der Waals surface area contributed by atoms with E-state index in [4.69, 9.17) is 16.7 Å². The topological polar surface area (TPSA) is 63.1 Å². The first-order valence-corrected chi connectivity index (χ1v) is 6.44. The number of thioether (sulfide) groups is 1. The minimum Gasteiger partial charge on any atom is -0.478 e. The third-order valence-electron chi connectivity index (χ3n) is 2.17. The molecule has 18 heavy (non-hydrogen) atoms. The number of aromatic carboxylic acids is 1. The molecular formula is C12H9ClN2O2S. The molecule has 0 aliphatic rings. The molecule has 4 nitrogen and oxygen atoms in total. The average Bonchev–Trinajstić information content (AvgIpc) is 2.38. The van der Waals surface area contributed by atoms with Crippen molar-refractivity contribution < 1.29 is 9.90 Å². The van der Waals surface area contributed by atoms with Gasteiger partial charge in [0.25, 0.3) is 0 Å². The van der Waals surface area contributed by atoms with Gasteiger partial charge >= 0.3 is 5.97 Å². The van der Waals surface area contributed by atoms with Crippen LogP contribution in [0.25, 0.3) is 0 Å². The third-order valence-corrected chi connectivity index (χ3v) is 3.47. The Morgan fingerprint density at radius 3 is 2.72 bits per heavy atom. The van der Waals surface area contributed by atoms with E-state index in [-0.39, 0.29) is 0 Å². The molecule has 1 N–H and O–H groups in total. The molecule has 0 fully saturated rings. The van der Waals surface area contributed by atoms with Crippen LogP contribution in [0, 0.1) is 0 Å². The van der Waals surface area contributed by atoms with Gasteiger partial charge in [-0.3, -0.25) is 4.98 Å². The average molecular weight is 281 g/mol. The lowest BCUT2D eigenvalue weighted by Gasteiger charge is -2.04. The molecule has 0 aliphatic heterocycles. The number of hydrogen-bond donors (Lipinski definition) is 1. The molecule has 0 aliphatic carbocycles. The summed E-state index contributed by atoms with van der Waals surface area (Å²) in [6, 6.07) is 6.87. The highest BCUT2D eigenvalue weighted by Crippen LogP contribution is 2.25. The van der Waals surface area contributed by atoms with E-state index in [1.54, 1.807) is 24.4 Å². The molecule has 0 atom stereocenters. The molecule has 0 bridgehead atoms. The minimum atomic E-state index is -0.930. The Labute approximate surface area is 113 Å². The Morgan fingerprint density at radius 2 is 2.06 bits per heavy atom. The van der Waals surface area contributed by atoms with Crippen LogP contribution >= 0.6 is 23.4 Å². The van der Waals surface area contributed by atoms with Crippen molar-refractivity contribution in [3.63, 3.8) is 0 Å². The van der Waals surface area contributed by atoms with Crippen LogP contribution in [0.4, 0.5) is 0 Å². The monoisotopic (exact) mass is 280 g/mol. The number of nitrogens with zero attached hydrogens (tertiary/aromatic N) is 2. The quantitative estimate of drug-likeness (QED) is 0.872. The van der Waals surface area contributed by atoms with E-state index < -0.39 is 5.97 Å². The normalized spacial score (nSPS) is 10.3. The van der Waals surface area contributed by atoms with Crippen LogP contribution in [0.2, 0.25) is 5.15 Å². The number of rotatable bonds is 4. The summed E-state index contributed by atoms with van der Waals surface area (Å²) < 4.78 is 0. The zero-order valence-corrected chi connectivity index (χ0v) is 10.8. The van der Waals surface area contributed by atoms with Gasteiger partial charge in [0.2, 0.25) is 0 Å². The van der Waals surface area contributed by atoms with Crippen molar-refractivity contribution in [1.82, 2.24) is 9.97 Å². The van der Waals surface area contributed by atoms with Crippen LogP contribution in [0.1, 0.15) is 16.1 Å². The van der Waals surface area contributed by atoms with Crippen LogP contribution in [-0.2, 0) is 5.75 Å². The minimum absolute atomic E-state index is 0.296. The van der Waals surface area contributed by atoms with Crippen LogP contribution in [0.3, 0.4) is 0 Å². The molecule has 0 saturated carbocycles. The van der Waals surface area contributed by atoms with Gasteiger partial charge in [-0.25, -0.2) is 9.78 Å². The third kappa shape index (κ3) is 3.21. The SMILES string of the molecule is O=C(O)c1ccccc1SCc1cnc(Cl)cn1. The maximum Gasteiger partial charge on any atom is 0.336 e. The molecule has 2 rings (SSSR count). The van der Waals surface area contributed by atoms with Gasteiger partial charge in [0, 0.05) is 10.6 Å². The molecule has 92 valence electrons. The van der Waals surface area contributed by atoms with E-state index in [1.807, 2.05) is 6.07 Å². The zero-order chi connectivity index (χ0) is 13.0. The lowest BCUT2D eigenvalue weighted by molar-refractivity contribution is 0.0693. The maximum absolute atomic E-state index is 11.0. The van der Waals surface area contributed by atoms with Crippen molar-refractivity contribution in [3.8, 4) is 0 Å². The van der Waals surface area contributed by atoms with Crippen molar-refractivity contribution in [2.75, 3.05) is 0 Å². The number of benzene rings is 1. The van der Waals surface area contributed by atoms with E-state index in [0.29, 0.717) is 21.4 Å². The molecule has 0 amide bonds. The number of halogens is 1. The molecule has 1 aromatic carbocycles. The van der Waals surface area contributed by atoms with Crippen molar-refractivity contribution in [1.29, 1.82) is 0 Å². The predicted octanol–water partition coefficient (Wildman–Crippen LogP) is 3.12. The van der Waals surface area contributed by atoms with Crippen LogP contribution in [0.5, 0.6) is 0 Å². The summed E-state index contributed by atoms with van der Waals surface area (Å²) in [6.45, 7) is 0. The van der Waals surface area contributed by atoms with Gasteiger partial charge in [0.15, 0.2) is 0 Å². The molecule has 2 aromatic rings. The van der Waals surface area contributed by atoms with E-state index >= 15 is 0 Å². The van der Waals surface area contributed by atoms with Gasteiger partial charge in [-0.15, -0.1) is 11.8 Å². The summed E-state index contributed by atoms with van der Waals surface area (Å²) in [5.74, 6) is -0.380. The lowest BCUT2D eigenvalue weighted by Crippen LogP contribution is -1.98. The van der Waals surface area contributed by atoms with Gasteiger partial charge in [0.1, 0.15) is 5.15 Å². The number of carboxylic acids is 1. The Morgan fingerprint density at radius 1 is 1.28 bits per heavy atom. The summed E-state index contributed by atoms with van der Waals surface area (Å²) >= 11 is 7.05. The fourth-order valence-corrected chi connectivity index (χ4v) is 2.37. The molecule has 0 radical (unpaired) electrons. The number of carboxylic acid groups (broad SMARTS) is 1. The number of hydrogen-bond acceptors (Lipinski definition) is 4. The van der Waals surface area contributed by atoms with E-state index in [2.05, 4.69) is 9.97 Å². The zero-order valence-electron chi connectivity index (χ0n) is 9.21. The molecule has 0 saturated heterocycles. The fourth-order valence-electron chi connectivity index (χ4n) is 1.33. The van der Waals surface area contributed by atoms with Crippen LogP contribution < -0.4 is 0 Å². The Bertz CT molecular complexity index is 560.